The molecule has 7 heteroatoms. The average Bonchev–Trinajstić information content (AvgIpc) is 3.09. The third kappa shape index (κ3) is 2.27. The van der Waals surface area contributed by atoms with Crippen LogP contribution in [0.2, 0.25) is 5.15 Å². The van der Waals surface area contributed by atoms with Gasteiger partial charge in [0.2, 0.25) is 5.65 Å². The van der Waals surface area contributed by atoms with Gasteiger partial charge in [-0.25, -0.2) is 4.98 Å². The summed E-state index contributed by atoms with van der Waals surface area (Å²) in [5.41, 5.74) is 1.23. The second kappa shape index (κ2) is 5.12. The summed E-state index contributed by atoms with van der Waals surface area (Å²) in [5, 5.41) is 0.431. The molecule has 0 N–H and O–H groups in total. The van der Waals surface area contributed by atoms with Crippen LogP contribution in [-0.4, -0.2) is 59.8 Å². The molecule has 6 nitrogen and oxygen atoms in total. The number of hydrogen-bond acceptors (Lipinski definition) is 6. The molecule has 2 aliphatic rings. The number of pyridine rings is 1. The van der Waals surface area contributed by atoms with Crippen molar-refractivity contribution in [3.63, 3.8) is 0 Å². The highest BCUT2D eigenvalue weighted by atomic mass is 35.5. The smallest absolute Gasteiger partial charge is 0.300 e. The van der Waals surface area contributed by atoms with Crippen molar-refractivity contribution < 1.29 is 9.15 Å². The van der Waals surface area contributed by atoms with Crippen LogP contribution in [0, 0.1) is 0 Å². The monoisotopic (exact) mass is 308 g/mol. The van der Waals surface area contributed by atoms with Gasteiger partial charge in [-0.3, -0.25) is 4.90 Å². The quantitative estimate of drug-likeness (QED) is 0.788. The summed E-state index contributed by atoms with van der Waals surface area (Å²) in [7, 11) is 0. The number of morpholine rings is 1. The minimum Gasteiger partial charge on any atom is -0.422 e. The number of aromatic nitrogens is 2. The zero-order valence-corrected chi connectivity index (χ0v) is 12.6. The van der Waals surface area contributed by atoms with Crippen LogP contribution in [0.1, 0.15) is 6.92 Å². The minimum atomic E-state index is 0.227. The predicted octanol–water partition coefficient (Wildman–Crippen LogP) is 1.79. The van der Waals surface area contributed by atoms with Crippen LogP contribution in [0.4, 0.5) is 6.01 Å². The average molecular weight is 309 g/mol. The first-order chi connectivity index (χ1) is 10.2. The summed E-state index contributed by atoms with van der Waals surface area (Å²) in [4.78, 5) is 13.3. The molecule has 0 radical (unpaired) electrons. The molecule has 0 bridgehead atoms. The molecule has 21 heavy (non-hydrogen) atoms. The summed E-state index contributed by atoms with van der Waals surface area (Å²) < 4.78 is 11.7. The molecule has 2 saturated heterocycles. The van der Waals surface area contributed by atoms with Crippen LogP contribution < -0.4 is 4.90 Å². The zero-order chi connectivity index (χ0) is 14.4. The Morgan fingerprint density at radius 1 is 1.33 bits per heavy atom. The van der Waals surface area contributed by atoms with E-state index in [1.54, 1.807) is 6.07 Å². The standard InChI is InChI=1S/C14H17ClN4O2/c1-2-18-7-9-11(8-18)20-6-5-19(9)14-17-13-10(21-14)3-4-12(15)16-13/h3-4,9,11H,2,5-8H2,1H3/t9-,11+/m0/s1. The number of anilines is 1. The van der Waals surface area contributed by atoms with Gasteiger partial charge in [-0.05, 0) is 18.7 Å². The highest BCUT2D eigenvalue weighted by molar-refractivity contribution is 6.29. The summed E-state index contributed by atoms with van der Waals surface area (Å²) in [6, 6.07) is 4.44. The van der Waals surface area contributed by atoms with E-state index < -0.39 is 0 Å². The maximum atomic E-state index is 5.91. The SMILES string of the molecule is CCN1C[C@H]2OCCN(c3nc4nc(Cl)ccc4o3)[C@H]2C1. The number of oxazole rings is 1. The van der Waals surface area contributed by atoms with Gasteiger partial charge in [-0.2, -0.15) is 4.98 Å². The fraction of sp³-hybridized carbons (Fsp3) is 0.571. The molecule has 0 unspecified atom stereocenters. The molecule has 0 aliphatic carbocycles. The van der Waals surface area contributed by atoms with Gasteiger partial charge in [0.15, 0.2) is 5.58 Å². The van der Waals surface area contributed by atoms with E-state index in [2.05, 4.69) is 26.7 Å². The topological polar surface area (TPSA) is 54.6 Å². The molecule has 2 aromatic heterocycles. The van der Waals surface area contributed by atoms with E-state index in [9.17, 15) is 0 Å². The lowest BCUT2D eigenvalue weighted by Crippen LogP contribution is -2.51. The van der Waals surface area contributed by atoms with Crippen LogP contribution in [0.3, 0.4) is 0 Å². The zero-order valence-electron chi connectivity index (χ0n) is 11.8. The Hall–Kier alpha value is -1.37. The number of fused-ring (bicyclic) bond motifs is 2. The van der Waals surface area contributed by atoms with Crippen molar-refractivity contribution in [1.82, 2.24) is 14.9 Å². The largest absolute Gasteiger partial charge is 0.422 e. The second-order valence-corrected chi connectivity index (χ2v) is 5.86. The molecular formula is C14H17ClN4O2. The third-order valence-corrected chi connectivity index (χ3v) is 4.49. The van der Waals surface area contributed by atoms with Crippen molar-refractivity contribution in [1.29, 1.82) is 0 Å². The molecule has 2 atom stereocenters. The van der Waals surface area contributed by atoms with E-state index in [4.69, 9.17) is 20.8 Å². The molecule has 112 valence electrons. The number of ether oxygens (including phenoxy) is 1. The van der Waals surface area contributed by atoms with Crippen LogP contribution >= 0.6 is 11.6 Å². The van der Waals surface area contributed by atoms with Crippen molar-refractivity contribution in [2.24, 2.45) is 0 Å². The maximum absolute atomic E-state index is 5.91. The fourth-order valence-corrected chi connectivity index (χ4v) is 3.31. The Kier molecular flexibility index (Phi) is 3.24. The molecule has 0 saturated carbocycles. The highest BCUT2D eigenvalue weighted by Crippen LogP contribution is 2.29. The summed E-state index contributed by atoms with van der Waals surface area (Å²) >= 11 is 5.91. The number of hydrogen-bond donors (Lipinski definition) is 0. The first-order valence-electron chi connectivity index (χ1n) is 7.28. The number of halogens is 1. The molecule has 2 aliphatic heterocycles. The Balaban J connectivity index is 1.67. The molecule has 4 heterocycles. The van der Waals surface area contributed by atoms with Crippen molar-refractivity contribution in [2.45, 2.75) is 19.1 Å². The third-order valence-electron chi connectivity index (χ3n) is 4.28. The van der Waals surface area contributed by atoms with E-state index in [1.165, 1.54) is 0 Å². The molecule has 0 spiro atoms. The van der Waals surface area contributed by atoms with Gasteiger partial charge in [0.1, 0.15) is 5.15 Å². The lowest BCUT2D eigenvalue weighted by Gasteiger charge is -2.35. The van der Waals surface area contributed by atoms with Crippen molar-refractivity contribution >= 4 is 28.8 Å². The fourth-order valence-electron chi connectivity index (χ4n) is 3.17. The number of likely N-dealkylation sites (tertiary alicyclic amines) is 1. The molecule has 4 rings (SSSR count). The summed E-state index contributed by atoms with van der Waals surface area (Å²) in [6.45, 7) is 6.66. The molecule has 2 aromatic rings. The lowest BCUT2D eigenvalue weighted by atomic mass is 10.1. The van der Waals surface area contributed by atoms with Gasteiger partial charge in [-0.15, -0.1) is 0 Å². The number of nitrogens with zero attached hydrogens (tertiary/aromatic N) is 4. The van der Waals surface area contributed by atoms with Crippen molar-refractivity contribution in [3.8, 4) is 0 Å². The van der Waals surface area contributed by atoms with E-state index in [0.717, 1.165) is 26.2 Å². The van der Waals surface area contributed by atoms with Crippen LogP contribution in [0.5, 0.6) is 0 Å². The van der Waals surface area contributed by atoms with Crippen molar-refractivity contribution in [2.75, 3.05) is 37.7 Å². The Labute approximate surface area is 127 Å². The number of likely N-dealkylation sites (N-methyl/N-ethyl adjacent to an activating group) is 1. The molecule has 0 aromatic carbocycles. The van der Waals surface area contributed by atoms with E-state index in [0.29, 0.717) is 35.0 Å². The van der Waals surface area contributed by atoms with Gasteiger partial charge >= 0.3 is 0 Å². The minimum absolute atomic E-state index is 0.227. The highest BCUT2D eigenvalue weighted by Gasteiger charge is 2.41. The van der Waals surface area contributed by atoms with Crippen LogP contribution in [0.25, 0.3) is 11.2 Å². The number of rotatable bonds is 2. The van der Waals surface area contributed by atoms with Crippen LogP contribution in [0.15, 0.2) is 16.5 Å². The predicted molar refractivity (Wildman–Crippen MR) is 79.8 cm³/mol. The van der Waals surface area contributed by atoms with Crippen molar-refractivity contribution in [3.05, 3.63) is 17.3 Å². The first kappa shape index (κ1) is 13.3. The van der Waals surface area contributed by atoms with Gasteiger partial charge in [0.25, 0.3) is 6.01 Å². The van der Waals surface area contributed by atoms with E-state index in [1.807, 2.05) is 6.07 Å². The van der Waals surface area contributed by atoms with Gasteiger partial charge < -0.3 is 14.1 Å². The Morgan fingerprint density at radius 3 is 3.10 bits per heavy atom. The normalized spacial score (nSPS) is 26.5. The first-order valence-corrected chi connectivity index (χ1v) is 7.66. The molecule has 0 amide bonds. The molecule has 2 fully saturated rings. The maximum Gasteiger partial charge on any atom is 0.300 e. The van der Waals surface area contributed by atoms with E-state index in [-0.39, 0.29) is 6.10 Å². The summed E-state index contributed by atoms with van der Waals surface area (Å²) in [6.07, 6.45) is 0.227. The lowest BCUT2D eigenvalue weighted by molar-refractivity contribution is 0.0293. The Morgan fingerprint density at radius 2 is 2.24 bits per heavy atom. The second-order valence-electron chi connectivity index (χ2n) is 5.47. The summed E-state index contributed by atoms with van der Waals surface area (Å²) in [5.74, 6) is 0. The van der Waals surface area contributed by atoms with Gasteiger partial charge in [0.05, 0.1) is 18.8 Å². The molecular weight excluding hydrogens is 292 g/mol. The Bertz CT molecular complexity index is 661. The van der Waals surface area contributed by atoms with Gasteiger partial charge in [-0.1, -0.05) is 18.5 Å². The van der Waals surface area contributed by atoms with Crippen LogP contribution in [-0.2, 0) is 4.74 Å². The van der Waals surface area contributed by atoms with Gasteiger partial charge in [0, 0.05) is 19.6 Å². The van der Waals surface area contributed by atoms with E-state index >= 15 is 0 Å².